The summed E-state index contributed by atoms with van der Waals surface area (Å²) in [6, 6.07) is 22.5. The lowest BCUT2D eigenvalue weighted by Crippen LogP contribution is -2.03. The molecule has 0 spiro atoms. The molecule has 0 amide bonds. The first kappa shape index (κ1) is 15.2. The van der Waals surface area contributed by atoms with Gasteiger partial charge in [-0.25, -0.2) is 0 Å². The summed E-state index contributed by atoms with van der Waals surface area (Å²) >= 11 is 0. The summed E-state index contributed by atoms with van der Waals surface area (Å²) < 4.78 is 11.2. The van der Waals surface area contributed by atoms with E-state index in [1.165, 1.54) is 0 Å². The van der Waals surface area contributed by atoms with Crippen molar-refractivity contribution in [3.8, 4) is 17.2 Å². The number of fused-ring (bicyclic) bond motifs is 2. The van der Waals surface area contributed by atoms with Crippen LogP contribution in [0.25, 0.3) is 11.6 Å². The average Bonchev–Trinajstić information content (AvgIpc) is 2.84. The fourth-order valence-corrected chi connectivity index (χ4v) is 2.91. The van der Waals surface area contributed by atoms with Crippen LogP contribution in [-0.4, -0.2) is 12.9 Å². The van der Waals surface area contributed by atoms with Crippen LogP contribution in [0.3, 0.4) is 0 Å². The molecule has 0 aliphatic carbocycles. The molecule has 1 aliphatic rings. The first-order chi connectivity index (χ1) is 12.3. The van der Waals surface area contributed by atoms with Crippen molar-refractivity contribution in [2.45, 2.75) is 0 Å². The maximum atomic E-state index is 13.2. The fourth-order valence-electron chi connectivity index (χ4n) is 2.91. The minimum absolute atomic E-state index is 0.0459. The topological polar surface area (TPSA) is 35.5 Å². The number of ketones is 1. The summed E-state index contributed by atoms with van der Waals surface area (Å²) in [4.78, 5) is 13.2. The molecule has 3 nitrogen and oxygen atoms in total. The van der Waals surface area contributed by atoms with Crippen molar-refractivity contribution in [2.75, 3.05) is 7.11 Å². The molecule has 0 saturated heterocycles. The Balaban J connectivity index is 1.86. The molecule has 0 atom stereocenters. The molecule has 3 aromatic carbocycles. The van der Waals surface area contributed by atoms with E-state index in [0.717, 1.165) is 22.6 Å². The van der Waals surface area contributed by atoms with Gasteiger partial charge >= 0.3 is 0 Å². The molecule has 0 bridgehead atoms. The molecule has 3 aromatic rings. The summed E-state index contributed by atoms with van der Waals surface area (Å²) in [6.45, 7) is 0. The van der Waals surface area contributed by atoms with Gasteiger partial charge in [-0.05, 0) is 42.5 Å². The van der Waals surface area contributed by atoms with Gasteiger partial charge in [0.2, 0.25) is 0 Å². The predicted molar refractivity (Wildman–Crippen MR) is 98.2 cm³/mol. The van der Waals surface area contributed by atoms with Crippen molar-refractivity contribution in [1.82, 2.24) is 0 Å². The summed E-state index contributed by atoms with van der Waals surface area (Å²) in [6.07, 6.45) is 1.90. The smallest absolute Gasteiger partial charge is 0.193 e. The number of allylic oxidation sites excluding steroid dienone is 1. The number of rotatable bonds is 3. The molecule has 0 saturated carbocycles. The second kappa shape index (κ2) is 6.29. The Hall–Kier alpha value is -3.33. The van der Waals surface area contributed by atoms with E-state index < -0.39 is 0 Å². The zero-order chi connectivity index (χ0) is 17.2. The molecule has 1 heterocycles. The van der Waals surface area contributed by atoms with Crippen LogP contribution < -0.4 is 9.47 Å². The van der Waals surface area contributed by atoms with Gasteiger partial charge in [-0.2, -0.15) is 0 Å². The van der Waals surface area contributed by atoms with E-state index in [2.05, 4.69) is 0 Å². The van der Waals surface area contributed by atoms with Crippen molar-refractivity contribution < 1.29 is 14.3 Å². The van der Waals surface area contributed by atoms with Gasteiger partial charge in [-0.15, -0.1) is 0 Å². The maximum Gasteiger partial charge on any atom is 0.193 e. The van der Waals surface area contributed by atoms with Crippen LogP contribution in [0.1, 0.15) is 21.5 Å². The van der Waals surface area contributed by atoms with Crippen LogP contribution in [0.4, 0.5) is 0 Å². The molecule has 122 valence electrons. The molecular weight excluding hydrogens is 312 g/mol. The second-order valence-electron chi connectivity index (χ2n) is 5.75. The van der Waals surface area contributed by atoms with Gasteiger partial charge in [0.15, 0.2) is 5.78 Å². The van der Waals surface area contributed by atoms with Crippen molar-refractivity contribution in [3.63, 3.8) is 0 Å². The number of hydrogen-bond donors (Lipinski definition) is 0. The average molecular weight is 328 g/mol. The normalized spacial score (nSPS) is 12.1. The van der Waals surface area contributed by atoms with Crippen molar-refractivity contribution in [3.05, 3.63) is 89.5 Å². The van der Waals surface area contributed by atoms with Crippen molar-refractivity contribution in [1.29, 1.82) is 0 Å². The highest BCUT2D eigenvalue weighted by molar-refractivity contribution is 6.33. The number of methoxy groups -OCH3 is 1. The number of hydrogen-bond acceptors (Lipinski definition) is 3. The highest BCUT2D eigenvalue weighted by Gasteiger charge is 2.22. The minimum atomic E-state index is -0.0459. The van der Waals surface area contributed by atoms with E-state index in [9.17, 15) is 4.79 Å². The molecule has 1 aliphatic heterocycles. The highest BCUT2D eigenvalue weighted by Crippen LogP contribution is 2.39. The monoisotopic (exact) mass is 328 g/mol. The second-order valence-corrected chi connectivity index (χ2v) is 5.75. The van der Waals surface area contributed by atoms with E-state index in [4.69, 9.17) is 9.47 Å². The van der Waals surface area contributed by atoms with Gasteiger partial charge < -0.3 is 9.47 Å². The lowest BCUT2D eigenvalue weighted by molar-refractivity contribution is 0.105. The van der Waals surface area contributed by atoms with Crippen LogP contribution in [0.5, 0.6) is 17.2 Å². The number of carbonyl (C=O) groups is 1. The summed E-state index contributed by atoms with van der Waals surface area (Å²) in [7, 11) is 1.61. The fraction of sp³-hybridized carbons (Fsp3) is 0.0455. The van der Waals surface area contributed by atoms with Crippen molar-refractivity contribution in [2.24, 2.45) is 0 Å². The Morgan fingerprint density at radius 3 is 2.28 bits per heavy atom. The van der Waals surface area contributed by atoms with Gasteiger partial charge in [0.1, 0.15) is 17.2 Å². The Kier molecular flexibility index (Phi) is 3.82. The number of para-hydroxylation sites is 2. The summed E-state index contributed by atoms with van der Waals surface area (Å²) in [5.41, 5.74) is 2.90. The van der Waals surface area contributed by atoms with E-state index in [1.54, 1.807) is 31.4 Å². The quantitative estimate of drug-likeness (QED) is 0.618. The Morgan fingerprint density at radius 2 is 1.52 bits per heavy atom. The molecular formula is C22H16O3. The molecule has 4 rings (SSSR count). The van der Waals surface area contributed by atoms with E-state index in [0.29, 0.717) is 16.9 Å². The molecule has 0 N–H and O–H groups in total. The zero-order valence-electron chi connectivity index (χ0n) is 13.7. The highest BCUT2D eigenvalue weighted by atomic mass is 16.5. The van der Waals surface area contributed by atoms with Gasteiger partial charge in [-0.3, -0.25) is 4.79 Å². The van der Waals surface area contributed by atoms with E-state index in [1.807, 2.05) is 54.6 Å². The first-order valence-electron chi connectivity index (χ1n) is 8.03. The minimum Gasteiger partial charge on any atom is -0.497 e. The van der Waals surface area contributed by atoms with Gasteiger partial charge in [0, 0.05) is 22.3 Å². The molecule has 0 unspecified atom stereocenters. The van der Waals surface area contributed by atoms with E-state index >= 15 is 0 Å². The Bertz CT molecular complexity index is 969. The van der Waals surface area contributed by atoms with Crippen LogP contribution in [-0.2, 0) is 0 Å². The third-order valence-electron chi connectivity index (χ3n) is 4.21. The number of carbonyl (C=O) groups excluding carboxylic acids is 1. The Labute approximate surface area is 146 Å². The molecule has 0 aromatic heterocycles. The summed E-state index contributed by atoms with van der Waals surface area (Å²) in [5, 5.41) is 0. The van der Waals surface area contributed by atoms with Crippen LogP contribution in [0.15, 0.2) is 72.8 Å². The largest absolute Gasteiger partial charge is 0.497 e. The molecule has 25 heavy (non-hydrogen) atoms. The van der Waals surface area contributed by atoms with Crippen LogP contribution in [0, 0.1) is 0 Å². The Morgan fingerprint density at radius 1 is 0.840 bits per heavy atom. The van der Waals surface area contributed by atoms with Crippen LogP contribution >= 0.6 is 0 Å². The summed E-state index contributed by atoms with van der Waals surface area (Å²) in [5.74, 6) is 2.10. The predicted octanol–water partition coefficient (Wildman–Crippen LogP) is 5.22. The standard InChI is InChI=1S/C22H16O3/c1-24-17-12-10-15(11-13-17)22(23)19-14-16-6-2-4-8-20(16)25-21-9-5-3-7-18(19)21/h2-14H,1H3. The van der Waals surface area contributed by atoms with Crippen LogP contribution in [0.2, 0.25) is 0 Å². The lowest BCUT2D eigenvalue weighted by atomic mass is 9.94. The molecule has 0 fully saturated rings. The third kappa shape index (κ3) is 2.81. The molecule has 0 radical (unpaired) electrons. The van der Waals surface area contributed by atoms with Gasteiger partial charge in [-0.1, -0.05) is 36.4 Å². The number of Topliss-reactive ketones (excluding diaryl/α,β-unsaturated/α-hetero) is 1. The number of benzene rings is 3. The van der Waals surface area contributed by atoms with Crippen molar-refractivity contribution >= 4 is 17.4 Å². The lowest BCUT2D eigenvalue weighted by Gasteiger charge is -2.10. The first-order valence-corrected chi connectivity index (χ1v) is 8.03. The van der Waals surface area contributed by atoms with E-state index in [-0.39, 0.29) is 5.78 Å². The SMILES string of the molecule is COc1ccc(C(=O)C2=Cc3ccccc3Oc3ccccc32)cc1. The number of ether oxygens (including phenoxy) is 2. The molecule has 3 heteroatoms. The zero-order valence-corrected chi connectivity index (χ0v) is 13.7. The maximum absolute atomic E-state index is 13.2. The van der Waals surface area contributed by atoms with Gasteiger partial charge in [0.05, 0.1) is 7.11 Å². The third-order valence-corrected chi connectivity index (χ3v) is 4.21. The van der Waals surface area contributed by atoms with Gasteiger partial charge in [0.25, 0.3) is 0 Å².